The summed E-state index contributed by atoms with van der Waals surface area (Å²) in [6.07, 6.45) is 1.93. The van der Waals surface area contributed by atoms with E-state index in [2.05, 4.69) is 5.32 Å². The molecule has 0 fully saturated rings. The van der Waals surface area contributed by atoms with Crippen molar-refractivity contribution in [3.05, 3.63) is 47.3 Å². The third-order valence-corrected chi connectivity index (χ3v) is 2.65. The van der Waals surface area contributed by atoms with Gasteiger partial charge in [0, 0.05) is 0 Å². The van der Waals surface area contributed by atoms with Crippen molar-refractivity contribution in [3.8, 4) is 0 Å². The second kappa shape index (κ2) is 7.43. The minimum absolute atomic E-state index is 0.0453. The molecular weight excluding hydrogens is 261 g/mol. The molecule has 108 valence electrons. The Hall–Kier alpha value is -2.17. The predicted molar refractivity (Wildman–Crippen MR) is 73.7 cm³/mol. The van der Waals surface area contributed by atoms with Crippen LogP contribution >= 0.6 is 0 Å². The average molecular weight is 279 g/mol. The third kappa shape index (κ3) is 5.65. The largest absolute Gasteiger partial charge is 0.480 e. The minimum Gasteiger partial charge on any atom is -0.480 e. The fraction of sp³-hybridized carbons (Fsp3) is 0.333. The Morgan fingerprint density at radius 2 is 2.10 bits per heavy atom. The minimum atomic E-state index is -1.09. The van der Waals surface area contributed by atoms with Crippen molar-refractivity contribution in [2.24, 2.45) is 0 Å². The Bertz CT molecular complexity index is 522. The quantitative estimate of drug-likeness (QED) is 0.785. The van der Waals surface area contributed by atoms with E-state index in [0.717, 1.165) is 5.57 Å². The molecule has 0 unspecified atom stereocenters. The highest BCUT2D eigenvalue weighted by molar-refractivity contribution is 5.84. The molecule has 1 atom stereocenters. The first-order valence-corrected chi connectivity index (χ1v) is 6.28. The Balaban J connectivity index is 2.62. The monoisotopic (exact) mass is 279 g/mol. The fourth-order valence-corrected chi connectivity index (χ4v) is 1.65. The summed E-state index contributed by atoms with van der Waals surface area (Å²) in [7, 11) is 0. The maximum atomic E-state index is 13.0. The van der Waals surface area contributed by atoms with Crippen molar-refractivity contribution in [1.29, 1.82) is 0 Å². The molecule has 5 heteroatoms. The van der Waals surface area contributed by atoms with Crippen molar-refractivity contribution in [1.82, 2.24) is 5.32 Å². The predicted octanol–water partition coefficient (Wildman–Crippen LogP) is 2.29. The van der Waals surface area contributed by atoms with Gasteiger partial charge in [-0.1, -0.05) is 23.8 Å². The van der Waals surface area contributed by atoms with Crippen LogP contribution in [0.2, 0.25) is 0 Å². The van der Waals surface area contributed by atoms with Gasteiger partial charge in [0.1, 0.15) is 11.9 Å². The smallest absolute Gasteiger partial charge is 0.326 e. The zero-order valence-electron chi connectivity index (χ0n) is 11.5. The fourth-order valence-electron chi connectivity index (χ4n) is 1.65. The van der Waals surface area contributed by atoms with Crippen LogP contribution < -0.4 is 5.32 Å². The molecule has 0 saturated carbocycles. The number of carboxylic acids is 1. The molecule has 0 spiro atoms. The van der Waals surface area contributed by atoms with Gasteiger partial charge in [0.25, 0.3) is 0 Å². The Morgan fingerprint density at radius 1 is 1.40 bits per heavy atom. The maximum absolute atomic E-state index is 13.0. The number of carbonyl (C=O) groups excluding carboxylic acids is 1. The van der Waals surface area contributed by atoms with E-state index in [1.54, 1.807) is 12.1 Å². The van der Waals surface area contributed by atoms with Gasteiger partial charge in [-0.05, 0) is 38.0 Å². The number of halogens is 1. The first-order valence-electron chi connectivity index (χ1n) is 6.28. The lowest BCUT2D eigenvalue weighted by Crippen LogP contribution is -2.41. The lowest BCUT2D eigenvalue weighted by atomic mass is 10.1. The summed E-state index contributed by atoms with van der Waals surface area (Å²) in [5.74, 6) is -1.95. The lowest BCUT2D eigenvalue weighted by Gasteiger charge is -2.13. The molecule has 0 aliphatic heterocycles. The highest BCUT2D eigenvalue weighted by atomic mass is 19.1. The van der Waals surface area contributed by atoms with Gasteiger partial charge in [-0.15, -0.1) is 0 Å². The molecule has 0 bridgehead atoms. The van der Waals surface area contributed by atoms with Gasteiger partial charge in [-0.3, -0.25) is 4.79 Å². The lowest BCUT2D eigenvalue weighted by molar-refractivity contribution is -0.141. The molecule has 1 aromatic rings. The van der Waals surface area contributed by atoms with E-state index in [0.29, 0.717) is 5.56 Å². The van der Waals surface area contributed by atoms with E-state index < -0.39 is 23.7 Å². The number of benzene rings is 1. The summed E-state index contributed by atoms with van der Waals surface area (Å²) < 4.78 is 13.0. The van der Waals surface area contributed by atoms with E-state index in [9.17, 15) is 14.0 Å². The summed E-state index contributed by atoms with van der Waals surface area (Å²) in [5.41, 5.74) is 1.49. The van der Waals surface area contributed by atoms with Gasteiger partial charge in [0.2, 0.25) is 5.91 Å². The molecule has 0 aromatic heterocycles. The van der Waals surface area contributed by atoms with Crippen LogP contribution in [0.25, 0.3) is 0 Å². The van der Waals surface area contributed by atoms with Gasteiger partial charge in [-0.2, -0.15) is 0 Å². The van der Waals surface area contributed by atoms with Gasteiger partial charge in [-0.25, -0.2) is 9.18 Å². The number of hydrogen-bond acceptors (Lipinski definition) is 2. The molecule has 1 amide bonds. The van der Waals surface area contributed by atoms with E-state index in [1.165, 1.54) is 18.2 Å². The zero-order valence-corrected chi connectivity index (χ0v) is 11.5. The topological polar surface area (TPSA) is 66.4 Å². The van der Waals surface area contributed by atoms with E-state index in [4.69, 9.17) is 5.11 Å². The van der Waals surface area contributed by atoms with Gasteiger partial charge >= 0.3 is 5.97 Å². The van der Waals surface area contributed by atoms with Gasteiger partial charge < -0.3 is 10.4 Å². The van der Waals surface area contributed by atoms with Crippen LogP contribution in [0.3, 0.4) is 0 Å². The first kappa shape index (κ1) is 15.9. The Kier molecular flexibility index (Phi) is 5.90. The standard InChI is InChI=1S/C15H18FNO3/c1-10(2)6-7-13(15(19)20)17-14(18)9-11-4-3-5-12(16)8-11/h3-6,8,13H,7,9H2,1-2H3,(H,17,18)(H,19,20)/t13-/m1/s1. The number of allylic oxidation sites excluding steroid dienone is 1. The van der Waals surface area contributed by atoms with Gasteiger partial charge in [0.05, 0.1) is 6.42 Å². The number of hydrogen-bond donors (Lipinski definition) is 2. The van der Waals surface area contributed by atoms with Crippen LogP contribution in [0.1, 0.15) is 25.8 Å². The number of carboxylic acid groups (broad SMARTS) is 1. The van der Waals surface area contributed by atoms with Crippen LogP contribution in [0.4, 0.5) is 4.39 Å². The molecule has 0 aliphatic carbocycles. The molecule has 0 aliphatic rings. The van der Waals surface area contributed by atoms with Crippen molar-refractivity contribution in [2.75, 3.05) is 0 Å². The summed E-state index contributed by atoms with van der Waals surface area (Å²) in [4.78, 5) is 22.8. The number of aliphatic carboxylic acids is 1. The summed E-state index contributed by atoms with van der Waals surface area (Å²) >= 11 is 0. The van der Waals surface area contributed by atoms with Gasteiger partial charge in [0.15, 0.2) is 0 Å². The van der Waals surface area contributed by atoms with Crippen molar-refractivity contribution in [2.45, 2.75) is 32.7 Å². The molecule has 0 heterocycles. The Labute approximate surface area is 117 Å². The van der Waals surface area contributed by atoms with Crippen LogP contribution in [0.15, 0.2) is 35.9 Å². The molecular formula is C15H18FNO3. The van der Waals surface area contributed by atoms with Crippen molar-refractivity contribution < 1.29 is 19.1 Å². The van der Waals surface area contributed by atoms with Crippen LogP contribution in [-0.4, -0.2) is 23.0 Å². The van der Waals surface area contributed by atoms with E-state index >= 15 is 0 Å². The average Bonchev–Trinajstić information content (AvgIpc) is 2.33. The highest BCUT2D eigenvalue weighted by Gasteiger charge is 2.18. The summed E-state index contributed by atoms with van der Waals surface area (Å²) in [5, 5.41) is 11.5. The normalized spacial score (nSPS) is 11.6. The number of nitrogens with one attached hydrogen (secondary N) is 1. The van der Waals surface area contributed by atoms with Crippen LogP contribution in [-0.2, 0) is 16.0 Å². The van der Waals surface area contributed by atoms with E-state index in [-0.39, 0.29) is 12.8 Å². The van der Waals surface area contributed by atoms with Crippen LogP contribution in [0, 0.1) is 5.82 Å². The molecule has 20 heavy (non-hydrogen) atoms. The number of carbonyl (C=O) groups is 2. The highest BCUT2D eigenvalue weighted by Crippen LogP contribution is 2.05. The Morgan fingerprint density at radius 3 is 2.65 bits per heavy atom. The van der Waals surface area contributed by atoms with Crippen molar-refractivity contribution >= 4 is 11.9 Å². The SMILES string of the molecule is CC(C)=CC[C@@H](NC(=O)Cc1cccc(F)c1)C(=O)O. The van der Waals surface area contributed by atoms with Crippen LogP contribution in [0.5, 0.6) is 0 Å². The second-order valence-electron chi connectivity index (χ2n) is 4.78. The molecule has 1 aromatic carbocycles. The second-order valence-corrected chi connectivity index (χ2v) is 4.78. The summed E-state index contributed by atoms with van der Waals surface area (Å²) in [6.45, 7) is 3.71. The number of rotatable bonds is 6. The molecule has 4 nitrogen and oxygen atoms in total. The zero-order chi connectivity index (χ0) is 15.1. The summed E-state index contributed by atoms with van der Waals surface area (Å²) in [6, 6.07) is 4.71. The molecule has 1 rings (SSSR count). The molecule has 0 saturated heterocycles. The third-order valence-electron chi connectivity index (χ3n) is 2.65. The van der Waals surface area contributed by atoms with Crippen molar-refractivity contribution in [3.63, 3.8) is 0 Å². The first-order chi connectivity index (χ1) is 9.38. The molecule has 0 radical (unpaired) electrons. The molecule has 2 N–H and O–H groups in total. The van der Waals surface area contributed by atoms with E-state index in [1.807, 2.05) is 13.8 Å². The number of amides is 1. The maximum Gasteiger partial charge on any atom is 0.326 e.